The standard InChI is InChI=1S/C22H32N4O5S2/c1-15(2)13-26-17(4)19(16(3)23-26)6-7-20(27)24-8-10-25(11-9-24)33(29,30)21-12-18(14-32-21)22(28)31-5/h12,14-15H,6-11,13H2,1-5H3. The summed E-state index contributed by atoms with van der Waals surface area (Å²) in [5, 5.41) is 6.09. The van der Waals surface area contributed by atoms with Gasteiger partial charge in [-0.05, 0) is 37.8 Å². The lowest BCUT2D eigenvalue weighted by Gasteiger charge is -2.33. The van der Waals surface area contributed by atoms with Gasteiger partial charge in [-0.3, -0.25) is 9.48 Å². The average Bonchev–Trinajstić information content (AvgIpc) is 3.37. The van der Waals surface area contributed by atoms with Crippen molar-refractivity contribution in [1.29, 1.82) is 0 Å². The summed E-state index contributed by atoms with van der Waals surface area (Å²) in [6.45, 7) is 10.3. The van der Waals surface area contributed by atoms with E-state index in [0.717, 1.165) is 34.8 Å². The summed E-state index contributed by atoms with van der Waals surface area (Å²) in [5.74, 6) is -0.0545. The third kappa shape index (κ3) is 5.64. The summed E-state index contributed by atoms with van der Waals surface area (Å²) in [6.07, 6.45) is 0.994. The fourth-order valence-corrected chi connectivity index (χ4v) is 6.72. The Hall–Kier alpha value is -2.24. The molecule has 11 heteroatoms. The van der Waals surface area contributed by atoms with E-state index in [1.165, 1.54) is 22.9 Å². The van der Waals surface area contributed by atoms with E-state index < -0.39 is 16.0 Å². The maximum atomic E-state index is 12.9. The highest BCUT2D eigenvalue weighted by Crippen LogP contribution is 2.25. The topological polar surface area (TPSA) is 102 Å². The Morgan fingerprint density at radius 1 is 1.18 bits per heavy atom. The molecule has 182 valence electrons. The molecule has 0 saturated carbocycles. The molecule has 0 N–H and O–H groups in total. The number of esters is 1. The largest absolute Gasteiger partial charge is 0.465 e. The van der Waals surface area contributed by atoms with Crippen LogP contribution >= 0.6 is 11.3 Å². The van der Waals surface area contributed by atoms with E-state index in [0.29, 0.717) is 31.8 Å². The lowest BCUT2D eigenvalue weighted by Crippen LogP contribution is -2.50. The average molecular weight is 497 g/mol. The van der Waals surface area contributed by atoms with Crippen LogP contribution in [0.25, 0.3) is 0 Å². The molecule has 0 unspecified atom stereocenters. The highest BCUT2D eigenvalue weighted by Gasteiger charge is 2.31. The smallest absolute Gasteiger partial charge is 0.338 e. The van der Waals surface area contributed by atoms with Crippen molar-refractivity contribution in [2.75, 3.05) is 33.3 Å². The van der Waals surface area contributed by atoms with Gasteiger partial charge < -0.3 is 9.64 Å². The van der Waals surface area contributed by atoms with Crippen molar-refractivity contribution in [1.82, 2.24) is 19.0 Å². The van der Waals surface area contributed by atoms with Crippen LogP contribution in [0.5, 0.6) is 0 Å². The minimum Gasteiger partial charge on any atom is -0.465 e. The van der Waals surface area contributed by atoms with E-state index in [2.05, 4.69) is 23.7 Å². The fourth-order valence-electron chi connectivity index (χ4n) is 3.99. The second kappa shape index (κ2) is 10.4. The van der Waals surface area contributed by atoms with Gasteiger partial charge in [0.05, 0.1) is 18.4 Å². The van der Waals surface area contributed by atoms with Crippen LogP contribution in [-0.4, -0.2) is 72.6 Å². The zero-order chi connectivity index (χ0) is 24.3. The molecule has 2 aromatic heterocycles. The molecule has 0 aliphatic carbocycles. The molecule has 0 radical (unpaired) electrons. The predicted octanol–water partition coefficient (Wildman–Crippen LogP) is 2.47. The van der Waals surface area contributed by atoms with Crippen LogP contribution in [0.15, 0.2) is 15.7 Å². The van der Waals surface area contributed by atoms with Gasteiger partial charge in [-0.2, -0.15) is 9.40 Å². The third-order valence-electron chi connectivity index (χ3n) is 5.84. The molecule has 3 heterocycles. The maximum Gasteiger partial charge on any atom is 0.338 e. The summed E-state index contributed by atoms with van der Waals surface area (Å²) in [6, 6.07) is 1.34. The number of nitrogens with zero attached hydrogens (tertiary/aromatic N) is 4. The van der Waals surface area contributed by atoms with Crippen LogP contribution in [0.3, 0.4) is 0 Å². The second-order valence-corrected chi connectivity index (χ2v) is 11.7. The predicted molar refractivity (Wildman–Crippen MR) is 126 cm³/mol. The molecule has 9 nitrogen and oxygen atoms in total. The number of hydrogen-bond acceptors (Lipinski definition) is 7. The van der Waals surface area contributed by atoms with Crippen LogP contribution in [0.4, 0.5) is 0 Å². The van der Waals surface area contributed by atoms with Gasteiger partial charge in [-0.25, -0.2) is 13.2 Å². The molecule has 0 atom stereocenters. The number of piperazine rings is 1. The van der Waals surface area contributed by atoms with Gasteiger partial charge in [0.25, 0.3) is 10.0 Å². The van der Waals surface area contributed by atoms with E-state index in [1.54, 1.807) is 4.90 Å². The number of carbonyl (C=O) groups excluding carboxylic acids is 2. The van der Waals surface area contributed by atoms with Crippen molar-refractivity contribution in [2.24, 2.45) is 5.92 Å². The minimum atomic E-state index is -3.71. The molecule has 1 saturated heterocycles. The van der Waals surface area contributed by atoms with Gasteiger partial charge >= 0.3 is 5.97 Å². The Kier molecular flexibility index (Phi) is 7.96. The molecule has 0 aromatic carbocycles. The van der Waals surface area contributed by atoms with E-state index in [9.17, 15) is 18.0 Å². The summed E-state index contributed by atoms with van der Waals surface area (Å²) < 4.78 is 34.0. The van der Waals surface area contributed by atoms with Crippen LogP contribution < -0.4 is 0 Å². The Balaban J connectivity index is 1.56. The van der Waals surface area contributed by atoms with E-state index in [-0.39, 0.29) is 28.8 Å². The Bertz CT molecular complexity index is 1110. The number of methoxy groups -OCH3 is 1. The molecular formula is C22H32N4O5S2. The highest BCUT2D eigenvalue weighted by atomic mass is 32.2. The molecule has 1 amide bonds. The minimum absolute atomic E-state index is 0.0200. The quantitative estimate of drug-likeness (QED) is 0.521. The first-order chi connectivity index (χ1) is 15.5. The highest BCUT2D eigenvalue weighted by molar-refractivity contribution is 7.91. The molecule has 0 spiro atoms. The van der Waals surface area contributed by atoms with E-state index in [4.69, 9.17) is 0 Å². The summed E-state index contributed by atoms with van der Waals surface area (Å²) in [4.78, 5) is 26.2. The van der Waals surface area contributed by atoms with Crippen LogP contribution in [-0.2, 0) is 32.5 Å². The normalized spacial score (nSPS) is 15.3. The first-order valence-corrected chi connectivity index (χ1v) is 13.3. The number of thiophene rings is 1. The molecular weight excluding hydrogens is 464 g/mol. The zero-order valence-electron chi connectivity index (χ0n) is 19.8. The fraction of sp³-hybridized carbons (Fsp3) is 0.591. The lowest BCUT2D eigenvalue weighted by atomic mass is 10.1. The first kappa shape index (κ1) is 25.4. The summed E-state index contributed by atoms with van der Waals surface area (Å²) in [7, 11) is -2.46. The van der Waals surface area contributed by atoms with Gasteiger partial charge in [0.2, 0.25) is 5.91 Å². The van der Waals surface area contributed by atoms with Crippen molar-refractivity contribution in [2.45, 2.75) is 51.3 Å². The van der Waals surface area contributed by atoms with Gasteiger partial charge in [0.15, 0.2) is 0 Å². The number of rotatable bonds is 8. The number of sulfonamides is 1. The first-order valence-electron chi connectivity index (χ1n) is 11.0. The van der Waals surface area contributed by atoms with Crippen molar-refractivity contribution >= 4 is 33.2 Å². The van der Waals surface area contributed by atoms with Gasteiger partial charge in [0.1, 0.15) is 4.21 Å². The van der Waals surface area contributed by atoms with Crippen LogP contribution in [0, 0.1) is 19.8 Å². The Morgan fingerprint density at radius 2 is 1.85 bits per heavy atom. The number of amides is 1. The second-order valence-electron chi connectivity index (χ2n) is 8.66. The zero-order valence-corrected chi connectivity index (χ0v) is 21.5. The molecule has 2 aromatic rings. The van der Waals surface area contributed by atoms with E-state index in [1.807, 2.05) is 18.5 Å². The third-order valence-corrected chi connectivity index (χ3v) is 9.15. The Morgan fingerprint density at radius 3 is 2.45 bits per heavy atom. The number of aromatic nitrogens is 2. The number of hydrogen-bond donors (Lipinski definition) is 0. The van der Waals surface area contributed by atoms with Crippen LogP contribution in [0.1, 0.15) is 47.6 Å². The van der Waals surface area contributed by atoms with Crippen molar-refractivity contribution in [3.63, 3.8) is 0 Å². The van der Waals surface area contributed by atoms with E-state index >= 15 is 0 Å². The summed E-state index contributed by atoms with van der Waals surface area (Å²) in [5.41, 5.74) is 3.40. The molecule has 1 aliphatic heterocycles. The van der Waals surface area contributed by atoms with Gasteiger partial charge in [-0.15, -0.1) is 11.3 Å². The van der Waals surface area contributed by atoms with Crippen molar-refractivity contribution in [3.8, 4) is 0 Å². The number of carbonyl (C=O) groups is 2. The summed E-state index contributed by atoms with van der Waals surface area (Å²) >= 11 is 0.996. The van der Waals surface area contributed by atoms with Gasteiger partial charge in [-0.1, -0.05) is 13.8 Å². The molecule has 3 rings (SSSR count). The molecule has 33 heavy (non-hydrogen) atoms. The molecule has 0 bridgehead atoms. The maximum absolute atomic E-state index is 12.9. The van der Waals surface area contributed by atoms with Gasteiger partial charge in [0, 0.05) is 50.2 Å². The number of aryl methyl sites for hydroxylation is 1. The number of ether oxygens (including phenoxy) is 1. The molecule has 1 aliphatic rings. The Labute approximate surface area is 199 Å². The van der Waals surface area contributed by atoms with Crippen molar-refractivity contribution < 1.29 is 22.7 Å². The monoisotopic (exact) mass is 496 g/mol. The van der Waals surface area contributed by atoms with Crippen LogP contribution in [0.2, 0.25) is 0 Å². The molecule has 1 fully saturated rings. The van der Waals surface area contributed by atoms with Crippen molar-refractivity contribution in [3.05, 3.63) is 34.0 Å². The SMILES string of the molecule is COC(=O)c1csc(S(=O)(=O)N2CCN(C(=O)CCc3c(C)nn(CC(C)C)c3C)CC2)c1. The lowest BCUT2D eigenvalue weighted by molar-refractivity contribution is -0.132.